The summed E-state index contributed by atoms with van der Waals surface area (Å²) >= 11 is 1.33. The van der Waals surface area contributed by atoms with Crippen LogP contribution >= 0.6 is 24.2 Å². The summed E-state index contributed by atoms with van der Waals surface area (Å²) in [5.41, 5.74) is 0. The van der Waals surface area contributed by atoms with E-state index >= 15 is 0 Å². The summed E-state index contributed by atoms with van der Waals surface area (Å²) in [5, 5.41) is 9.52. The number of likely N-dealkylation sites (tertiary alicyclic amines) is 1. The molecule has 1 saturated heterocycles. The van der Waals surface area contributed by atoms with Crippen LogP contribution in [0.25, 0.3) is 0 Å². The fraction of sp³-hybridized carbons (Fsp3) is 0.667. The largest absolute Gasteiger partial charge is 0.360 e. The number of hydrogen-bond acceptors (Lipinski definition) is 6. The highest BCUT2D eigenvalue weighted by molar-refractivity contribution is 8.00. The van der Waals surface area contributed by atoms with Gasteiger partial charge in [-0.3, -0.25) is 9.59 Å². The van der Waals surface area contributed by atoms with Crippen LogP contribution in [0.15, 0.2) is 10.6 Å². The van der Waals surface area contributed by atoms with E-state index in [1.54, 1.807) is 13.0 Å². The highest BCUT2D eigenvalue weighted by Crippen LogP contribution is 2.17. The molecule has 2 amide bonds. The molecule has 1 fully saturated rings. The van der Waals surface area contributed by atoms with Gasteiger partial charge in [-0.2, -0.15) is 0 Å². The topological polar surface area (TPSA) is 87.5 Å². The first-order valence-electron chi connectivity index (χ1n) is 7.81. The molecule has 0 saturated carbocycles. The summed E-state index contributed by atoms with van der Waals surface area (Å²) in [6.45, 7) is 4.40. The quantitative estimate of drug-likeness (QED) is 0.750. The average Bonchev–Trinajstić information content (AvgIpc) is 2.93. The van der Waals surface area contributed by atoms with Crippen LogP contribution in [0.4, 0.5) is 5.82 Å². The molecule has 0 unspecified atom stereocenters. The highest BCUT2D eigenvalue weighted by atomic mass is 35.5. The molecule has 0 bridgehead atoms. The Bertz CT molecular complexity index is 533. The lowest BCUT2D eigenvalue weighted by Crippen LogP contribution is -2.41. The van der Waals surface area contributed by atoms with Gasteiger partial charge in [-0.1, -0.05) is 5.16 Å². The molecule has 0 radical (unpaired) electrons. The van der Waals surface area contributed by atoms with Gasteiger partial charge < -0.3 is 20.1 Å². The molecule has 24 heavy (non-hydrogen) atoms. The fourth-order valence-corrected chi connectivity index (χ4v) is 3.32. The van der Waals surface area contributed by atoms with Crippen LogP contribution in [-0.4, -0.2) is 60.1 Å². The Morgan fingerprint density at radius 2 is 2.08 bits per heavy atom. The first-order valence-corrected chi connectivity index (χ1v) is 8.97. The molecule has 1 aliphatic heterocycles. The van der Waals surface area contributed by atoms with Crippen molar-refractivity contribution < 1.29 is 14.1 Å². The van der Waals surface area contributed by atoms with Crippen molar-refractivity contribution in [1.82, 2.24) is 15.4 Å². The zero-order chi connectivity index (χ0) is 16.7. The Balaban J connectivity index is 0.00000288. The van der Waals surface area contributed by atoms with Crippen molar-refractivity contribution in [3.63, 3.8) is 0 Å². The Labute approximate surface area is 152 Å². The predicted molar refractivity (Wildman–Crippen MR) is 97.7 cm³/mol. The van der Waals surface area contributed by atoms with Crippen LogP contribution in [0.5, 0.6) is 0 Å². The van der Waals surface area contributed by atoms with Gasteiger partial charge in [-0.05, 0) is 39.3 Å². The Morgan fingerprint density at radius 1 is 1.38 bits per heavy atom. The first kappa shape index (κ1) is 20.8. The van der Waals surface area contributed by atoms with E-state index in [1.807, 2.05) is 11.9 Å². The summed E-state index contributed by atoms with van der Waals surface area (Å²) in [6.07, 6.45) is 2.09. The van der Waals surface area contributed by atoms with Crippen molar-refractivity contribution in [3.05, 3.63) is 11.8 Å². The molecule has 2 rings (SSSR count). The minimum absolute atomic E-state index is 0. The summed E-state index contributed by atoms with van der Waals surface area (Å²) in [7, 11) is 1.96. The Kier molecular flexibility index (Phi) is 9.17. The second-order valence-corrected chi connectivity index (χ2v) is 6.73. The van der Waals surface area contributed by atoms with Crippen LogP contribution in [0.2, 0.25) is 0 Å². The zero-order valence-corrected chi connectivity index (χ0v) is 15.7. The van der Waals surface area contributed by atoms with Gasteiger partial charge in [0.2, 0.25) is 11.8 Å². The van der Waals surface area contributed by atoms with E-state index in [-0.39, 0.29) is 30.0 Å². The van der Waals surface area contributed by atoms with Crippen molar-refractivity contribution in [1.29, 1.82) is 0 Å². The lowest BCUT2D eigenvalue weighted by Gasteiger charge is -2.31. The first-order chi connectivity index (χ1) is 11.1. The van der Waals surface area contributed by atoms with Gasteiger partial charge >= 0.3 is 0 Å². The molecule has 1 aromatic rings. The summed E-state index contributed by atoms with van der Waals surface area (Å²) in [6, 6.07) is 1.66. The summed E-state index contributed by atoms with van der Waals surface area (Å²) in [4.78, 5) is 25.8. The molecule has 7 nitrogen and oxygen atoms in total. The normalized spacial score (nSPS) is 15.0. The number of aryl methyl sites for hydroxylation is 1. The molecule has 1 aliphatic rings. The SMILES string of the molecule is CNCC1CCN(C(=O)CSCC(=O)Nc2cc(C)on2)CC1.Cl. The Hall–Kier alpha value is -1.25. The molecule has 0 aliphatic carbocycles. The van der Waals surface area contributed by atoms with Crippen molar-refractivity contribution in [2.24, 2.45) is 5.92 Å². The van der Waals surface area contributed by atoms with Gasteiger partial charge in [0.15, 0.2) is 5.82 Å². The molecule has 2 heterocycles. The average molecular weight is 377 g/mol. The van der Waals surface area contributed by atoms with E-state index < -0.39 is 0 Å². The number of rotatable bonds is 7. The molecule has 0 aromatic carbocycles. The number of thioether (sulfide) groups is 1. The number of halogens is 1. The highest BCUT2D eigenvalue weighted by Gasteiger charge is 2.22. The van der Waals surface area contributed by atoms with E-state index in [0.717, 1.165) is 32.5 Å². The number of carbonyl (C=O) groups excluding carboxylic acids is 2. The monoisotopic (exact) mass is 376 g/mol. The van der Waals surface area contributed by atoms with E-state index in [0.29, 0.717) is 23.2 Å². The maximum atomic E-state index is 12.1. The van der Waals surface area contributed by atoms with Crippen LogP contribution in [-0.2, 0) is 9.59 Å². The van der Waals surface area contributed by atoms with Crippen molar-refractivity contribution in [2.45, 2.75) is 19.8 Å². The molecular weight excluding hydrogens is 352 g/mol. The lowest BCUT2D eigenvalue weighted by molar-refractivity contribution is -0.129. The molecule has 0 atom stereocenters. The van der Waals surface area contributed by atoms with Gasteiger partial charge in [0.05, 0.1) is 11.5 Å². The van der Waals surface area contributed by atoms with Gasteiger partial charge in [0.1, 0.15) is 5.76 Å². The maximum absolute atomic E-state index is 12.1. The van der Waals surface area contributed by atoms with Gasteiger partial charge in [-0.15, -0.1) is 24.2 Å². The number of carbonyl (C=O) groups is 2. The van der Waals surface area contributed by atoms with Crippen LogP contribution in [0.3, 0.4) is 0 Å². The van der Waals surface area contributed by atoms with Gasteiger partial charge in [0.25, 0.3) is 0 Å². The third-order valence-corrected chi connectivity index (χ3v) is 4.73. The van der Waals surface area contributed by atoms with E-state index in [9.17, 15) is 9.59 Å². The Morgan fingerprint density at radius 3 is 2.67 bits per heavy atom. The third-order valence-electron chi connectivity index (χ3n) is 3.81. The summed E-state index contributed by atoms with van der Waals surface area (Å²) in [5.74, 6) is 2.21. The molecule has 2 N–H and O–H groups in total. The van der Waals surface area contributed by atoms with E-state index in [4.69, 9.17) is 4.52 Å². The smallest absolute Gasteiger partial charge is 0.235 e. The van der Waals surface area contributed by atoms with Gasteiger partial charge in [-0.25, -0.2) is 0 Å². The predicted octanol–water partition coefficient (Wildman–Crippen LogP) is 1.53. The molecular formula is C15H25ClN4O3S. The number of nitrogens with zero attached hydrogens (tertiary/aromatic N) is 2. The standard InChI is InChI=1S/C15H24N4O3S.ClH/c1-11-7-13(18-22-11)17-14(20)9-23-10-15(21)19-5-3-12(4-6-19)8-16-2;/h7,12,16H,3-6,8-10H2,1-2H3,(H,17,18,20);1H. The molecule has 9 heteroatoms. The second-order valence-electron chi connectivity index (χ2n) is 5.75. The molecule has 0 spiro atoms. The number of piperidine rings is 1. The zero-order valence-electron chi connectivity index (χ0n) is 14.0. The van der Waals surface area contributed by atoms with E-state index in [2.05, 4.69) is 15.8 Å². The number of aromatic nitrogens is 1. The number of amides is 2. The minimum Gasteiger partial charge on any atom is -0.360 e. The number of anilines is 1. The number of nitrogens with one attached hydrogen (secondary N) is 2. The van der Waals surface area contributed by atoms with Crippen molar-refractivity contribution in [3.8, 4) is 0 Å². The van der Waals surface area contributed by atoms with Crippen molar-refractivity contribution in [2.75, 3.05) is 43.5 Å². The van der Waals surface area contributed by atoms with Crippen molar-refractivity contribution >= 4 is 41.8 Å². The second kappa shape index (κ2) is 10.6. The molecule has 136 valence electrons. The molecule has 1 aromatic heterocycles. The van der Waals surface area contributed by atoms with Crippen LogP contribution in [0.1, 0.15) is 18.6 Å². The van der Waals surface area contributed by atoms with E-state index in [1.165, 1.54) is 11.8 Å². The third kappa shape index (κ3) is 6.70. The number of hydrogen-bond donors (Lipinski definition) is 2. The lowest BCUT2D eigenvalue weighted by atomic mass is 9.97. The maximum Gasteiger partial charge on any atom is 0.235 e. The fourth-order valence-electron chi connectivity index (χ4n) is 2.60. The minimum atomic E-state index is -0.177. The van der Waals surface area contributed by atoms with Crippen LogP contribution < -0.4 is 10.6 Å². The van der Waals surface area contributed by atoms with Gasteiger partial charge in [0, 0.05) is 19.2 Å². The summed E-state index contributed by atoms with van der Waals surface area (Å²) < 4.78 is 4.88. The van der Waals surface area contributed by atoms with Crippen LogP contribution in [0, 0.1) is 12.8 Å².